The molecule has 0 saturated carbocycles. The molecule has 0 heterocycles. The Bertz CT molecular complexity index is 315. The highest BCUT2D eigenvalue weighted by Gasteiger charge is 2.04. The van der Waals surface area contributed by atoms with Gasteiger partial charge < -0.3 is 4.74 Å². The van der Waals surface area contributed by atoms with E-state index >= 15 is 0 Å². The molecule has 92 valence electrons. The molecule has 0 unspecified atom stereocenters. The molecule has 1 heteroatoms. The summed E-state index contributed by atoms with van der Waals surface area (Å²) >= 11 is 0. The second kappa shape index (κ2) is 8.84. The summed E-state index contributed by atoms with van der Waals surface area (Å²) < 4.78 is 5.62. The Hall–Kier alpha value is -1.26. The second-order valence-electron chi connectivity index (χ2n) is 4.22. The van der Waals surface area contributed by atoms with Crippen LogP contribution >= 0.6 is 0 Å². The highest BCUT2D eigenvalue weighted by atomic mass is 16.5. The van der Waals surface area contributed by atoms with Gasteiger partial charge in [-0.3, -0.25) is 0 Å². The van der Waals surface area contributed by atoms with E-state index in [1.54, 1.807) is 6.08 Å². The Morgan fingerprint density at radius 1 is 1.35 bits per heavy atom. The standard InChI is InChI=1S/C16H22O/c1-3-5-11-16(17-14-4-2)13-12-15-9-7-6-8-10-15/h3-4,9,16H,1-2,5-8,10-11,14H2/t16-/m1/s1. The van der Waals surface area contributed by atoms with E-state index in [2.05, 4.69) is 31.1 Å². The molecule has 0 N–H and O–H groups in total. The molecule has 0 aliphatic heterocycles. The van der Waals surface area contributed by atoms with Crippen LogP contribution in [0.4, 0.5) is 0 Å². The first-order chi connectivity index (χ1) is 8.36. The van der Waals surface area contributed by atoms with Crippen molar-refractivity contribution in [2.75, 3.05) is 6.61 Å². The fraction of sp³-hybridized carbons (Fsp3) is 0.500. The molecule has 0 saturated heterocycles. The van der Waals surface area contributed by atoms with Crippen LogP contribution in [0.1, 0.15) is 38.5 Å². The quantitative estimate of drug-likeness (QED) is 0.494. The van der Waals surface area contributed by atoms with E-state index in [9.17, 15) is 0 Å². The lowest BCUT2D eigenvalue weighted by Crippen LogP contribution is -2.10. The van der Waals surface area contributed by atoms with Crippen LogP contribution in [0.25, 0.3) is 0 Å². The maximum Gasteiger partial charge on any atom is 0.119 e. The van der Waals surface area contributed by atoms with E-state index in [1.807, 2.05) is 6.08 Å². The molecule has 17 heavy (non-hydrogen) atoms. The Labute approximate surface area is 105 Å². The number of hydrogen-bond donors (Lipinski definition) is 0. The molecule has 0 aromatic heterocycles. The van der Waals surface area contributed by atoms with Gasteiger partial charge in [0.25, 0.3) is 0 Å². The van der Waals surface area contributed by atoms with Crippen molar-refractivity contribution in [3.8, 4) is 11.8 Å². The van der Waals surface area contributed by atoms with Gasteiger partial charge in [0.15, 0.2) is 0 Å². The van der Waals surface area contributed by atoms with E-state index in [1.165, 1.54) is 24.8 Å². The lowest BCUT2D eigenvalue weighted by atomic mass is 10.00. The fourth-order valence-corrected chi connectivity index (χ4v) is 1.78. The van der Waals surface area contributed by atoms with Gasteiger partial charge in [0, 0.05) is 0 Å². The zero-order chi connectivity index (χ0) is 12.3. The van der Waals surface area contributed by atoms with Crippen molar-refractivity contribution in [1.29, 1.82) is 0 Å². The van der Waals surface area contributed by atoms with Gasteiger partial charge in [-0.05, 0) is 44.1 Å². The molecule has 0 bridgehead atoms. The maximum absolute atomic E-state index is 5.62. The third-order valence-corrected chi connectivity index (χ3v) is 2.73. The van der Waals surface area contributed by atoms with Gasteiger partial charge in [-0.25, -0.2) is 0 Å². The highest BCUT2D eigenvalue weighted by molar-refractivity contribution is 5.30. The average Bonchev–Trinajstić information content (AvgIpc) is 2.39. The molecule has 0 aromatic carbocycles. The van der Waals surface area contributed by atoms with Crippen molar-refractivity contribution in [3.05, 3.63) is 37.0 Å². The van der Waals surface area contributed by atoms with Crippen LogP contribution in [-0.2, 0) is 4.74 Å². The molecule has 1 rings (SSSR count). The van der Waals surface area contributed by atoms with Crippen molar-refractivity contribution in [3.63, 3.8) is 0 Å². The van der Waals surface area contributed by atoms with Gasteiger partial charge in [0.05, 0.1) is 6.61 Å². The van der Waals surface area contributed by atoms with Crippen LogP contribution in [0.3, 0.4) is 0 Å². The van der Waals surface area contributed by atoms with Crippen LogP contribution in [0.5, 0.6) is 0 Å². The molecule has 1 atom stereocenters. The van der Waals surface area contributed by atoms with E-state index in [4.69, 9.17) is 4.74 Å². The summed E-state index contributed by atoms with van der Waals surface area (Å²) in [5.41, 5.74) is 1.28. The normalized spacial score (nSPS) is 16.4. The van der Waals surface area contributed by atoms with Crippen molar-refractivity contribution < 1.29 is 4.74 Å². The van der Waals surface area contributed by atoms with Crippen LogP contribution in [-0.4, -0.2) is 12.7 Å². The summed E-state index contributed by atoms with van der Waals surface area (Å²) in [5, 5.41) is 0. The van der Waals surface area contributed by atoms with Crippen LogP contribution in [0.15, 0.2) is 37.0 Å². The monoisotopic (exact) mass is 230 g/mol. The first-order valence-corrected chi connectivity index (χ1v) is 6.40. The summed E-state index contributed by atoms with van der Waals surface area (Å²) in [6, 6.07) is 0. The predicted molar refractivity (Wildman–Crippen MR) is 73.7 cm³/mol. The van der Waals surface area contributed by atoms with E-state index in [-0.39, 0.29) is 6.10 Å². The zero-order valence-corrected chi connectivity index (χ0v) is 10.6. The molecule has 1 nitrogen and oxygen atoms in total. The molecule has 0 spiro atoms. The molecule has 0 fully saturated rings. The molecule has 1 aliphatic rings. The largest absolute Gasteiger partial charge is 0.361 e. The van der Waals surface area contributed by atoms with Crippen LogP contribution in [0.2, 0.25) is 0 Å². The van der Waals surface area contributed by atoms with Gasteiger partial charge in [-0.1, -0.05) is 30.1 Å². The highest BCUT2D eigenvalue weighted by Crippen LogP contribution is 2.16. The maximum atomic E-state index is 5.62. The molecular weight excluding hydrogens is 208 g/mol. The molecular formula is C16H22O. The average molecular weight is 230 g/mol. The van der Waals surface area contributed by atoms with Gasteiger partial charge in [0.1, 0.15) is 6.10 Å². The lowest BCUT2D eigenvalue weighted by Gasteiger charge is -2.10. The summed E-state index contributed by atoms with van der Waals surface area (Å²) in [5.74, 6) is 6.48. The minimum atomic E-state index is 0.00817. The Morgan fingerprint density at radius 2 is 2.24 bits per heavy atom. The Balaban J connectivity index is 2.50. The number of rotatable bonds is 6. The van der Waals surface area contributed by atoms with Crippen molar-refractivity contribution >= 4 is 0 Å². The Morgan fingerprint density at radius 3 is 2.88 bits per heavy atom. The minimum Gasteiger partial charge on any atom is -0.361 e. The molecule has 0 aromatic rings. The molecule has 0 amide bonds. The summed E-state index contributed by atoms with van der Waals surface area (Å²) in [4.78, 5) is 0. The van der Waals surface area contributed by atoms with Gasteiger partial charge in [-0.2, -0.15) is 0 Å². The van der Waals surface area contributed by atoms with Gasteiger partial charge in [0.2, 0.25) is 0 Å². The van der Waals surface area contributed by atoms with E-state index in [0.717, 1.165) is 19.3 Å². The summed E-state index contributed by atoms with van der Waals surface area (Å²) in [6.45, 7) is 7.95. The topological polar surface area (TPSA) is 9.23 Å². The second-order valence-corrected chi connectivity index (χ2v) is 4.22. The summed E-state index contributed by atoms with van der Waals surface area (Å²) in [7, 11) is 0. The zero-order valence-electron chi connectivity index (χ0n) is 10.6. The van der Waals surface area contributed by atoms with Crippen LogP contribution in [0, 0.1) is 11.8 Å². The summed E-state index contributed by atoms with van der Waals surface area (Å²) in [6.07, 6.45) is 12.7. The number of allylic oxidation sites excluding steroid dienone is 3. The van der Waals surface area contributed by atoms with Crippen molar-refractivity contribution in [1.82, 2.24) is 0 Å². The molecule has 1 aliphatic carbocycles. The third-order valence-electron chi connectivity index (χ3n) is 2.73. The molecule has 0 radical (unpaired) electrons. The predicted octanol–water partition coefficient (Wildman–Crippen LogP) is 4.03. The Kier molecular flexibility index (Phi) is 7.18. The first-order valence-electron chi connectivity index (χ1n) is 6.40. The number of ether oxygens (including phenoxy) is 1. The SMILES string of the molecule is C=CCC[C@H](C#CC1=CCCCC1)OCC=C. The smallest absolute Gasteiger partial charge is 0.119 e. The third kappa shape index (κ3) is 6.14. The van der Waals surface area contributed by atoms with Gasteiger partial charge >= 0.3 is 0 Å². The van der Waals surface area contributed by atoms with Crippen LogP contribution < -0.4 is 0 Å². The van der Waals surface area contributed by atoms with Crippen molar-refractivity contribution in [2.24, 2.45) is 0 Å². The van der Waals surface area contributed by atoms with Gasteiger partial charge in [-0.15, -0.1) is 13.2 Å². The number of hydrogen-bond acceptors (Lipinski definition) is 1. The fourth-order valence-electron chi connectivity index (χ4n) is 1.78. The van der Waals surface area contributed by atoms with Crippen molar-refractivity contribution in [2.45, 2.75) is 44.6 Å². The lowest BCUT2D eigenvalue weighted by molar-refractivity contribution is 0.110. The van der Waals surface area contributed by atoms with E-state index in [0.29, 0.717) is 6.61 Å². The first kappa shape index (κ1) is 13.8. The minimum absolute atomic E-state index is 0.00817. The van der Waals surface area contributed by atoms with E-state index < -0.39 is 0 Å².